The van der Waals surface area contributed by atoms with Crippen LogP contribution >= 0.6 is 0 Å². The van der Waals surface area contributed by atoms with Gasteiger partial charge in [0.1, 0.15) is 11.9 Å². The van der Waals surface area contributed by atoms with Gasteiger partial charge in [-0.15, -0.1) is 0 Å². The molecular weight excluding hydrogens is 436 g/mol. The summed E-state index contributed by atoms with van der Waals surface area (Å²) >= 11 is 0. The number of imidazole rings is 1. The zero-order valence-corrected chi connectivity index (χ0v) is 20.0. The number of amides is 1. The number of sulfonamides is 1. The van der Waals surface area contributed by atoms with Gasteiger partial charge in [0.05, 0.1) is 4.90 Å². The number of carbonyl (C=O) groups is 1. The van der Waals surface area contributed by atoms with Crippen LogP contribution in [0.15, 0.2) is 71.9 Å². The van der Waals surface area contributed by atoms with Crippen LogP contribution in [0.5, 0.6) is 0 Å². The topological polar surface area (TPSA) is 84.3 Å². The predicted molar refractivity (Wildman–Crippen MR) is 127 cm³/mol. The summed E-state index contributed by atoms with van der Waals surface area (Å²) in [5, 5.41) is 3.03. The van der Waals surface area contributed by atoms with E-state index in [0.717, 1.165) is 12.0 Å². The third kappa shape index (κ3) is 5.02. The first-order chi connectivity index (χ1) is 15.8. The average Bonchev–Trinajstić information content (AvgIpc) is 3.23. The van der Waals surface area contributed by atoms with Crippen molar-refractivity contribution in [1.82, 2.24) is 19.2 Å². The largest absolute Gasteiger partial charge is 0.338 e. The van der Waals surface area contributed by atoms with Gasteiger partial charge >= 0.3 is 0 Å². The van der Waals surface area contributed by atoms with Gasteiger partial charge in [-0.2, -0.15) is 4.31 Å². The summed E-state index contributed by atoms with van der Waals surface area (Å²) in [6.45, 7) is 5.14. The van der Waals surface area contributed by atoms with E-state index < -0.39 is 16.1 Å². The van der Waals surface area contributed by atoms with E-state index in [2.05, 4.69) is 24.1 Å². The number of hydrogen-bond donors (Lipinski definition) is 1. The Morgan fingerprint density at radius 1 is 1.06 bits per heavy atom. The van der Waals surface area contributed by atoms with Gasteiger partial charge in [0.2, 0.25) is 10.0 Å². The lowest BCUT2D eigenvalue weighted by Gasteiger charge is -2.34. The molecule has 7 nitrogen and oxygen atoms in total. The van der Waals surface area contributed by atoms with E-state index in [0.29, 0.717) is 36.3 Å². The Balaban J connectivity index is 1.61. The molecule has 8 heteroatoms. The van der Waals surface area contributed by atoms with Crippen molar-refractivity contribution in [3.63, 3.8) is 0 Å². The maximum atomic E-state index is 13.3. The minimum atomic E-state index is -3.68. The van der Waals surface area contributed by atoms with Crippen LogP contribution in [0.3, 0.4) is 0 Å². The number of piperidine rings is 1. The number of carbonyl (C=O) groups excluding carboxylic acids is 1. The highest BCUT2D eigenvalue weighted by atomic mass is 32.2. The Bertz CT molecular complexity index is 1210. The summed E-state index contributed by atoms with van der Waals surface area (Å²) in [5.41, 5.74) is 1.18. The van der Waals surface area contributed by atoms with Crippen LogP contribution in [0.4, 0.5) is 0 Å². The van der Waals surface area contributed by atoms with Crippen molar-refractivity contribution in [1.29, 1.82) is 0 Å². The minimum absolute atomic E-state index is 0.143. The van der Waals surface area contributed by atoms with Gasteiger partial charge in [-0.25, -0.2) is 13.4 Å². The van der Waals surface area contributed by atoms with E-state index in [9.17, 15) is 13.2 Å². The van der Waals surface area contributed by atoms with Gasteiger partial charge in [-0.3, -0.25) is 4.79 Å². The Labute approximate surface area is 195 Å². The van der Waals surface area contributed by atoms with Crippen LogP contribution < -0.4 is 5.32 Å². The molecule has 174 valence electrons. The molecule has 1 amide bonds. The van der Waals surface area contributed by atoms with Gasteiger partial charge in [0, 0.05) is 38.1 Å². The third-order valence-corrected chi connectivity index (χ3v) is 7.92. The van der Waals surface area contributed by atoms with E-state index in [4.69, 9.17) is 0 Å². The summed E-state index contributed by atoms with van der Waals surface area (Å²) in [6.07, 6.45) is 4.53. The van der Waals surface area contributed by atoms with E-state index in [1.165, 1.54) is 6.07 Å². The molecule has 2 heterocycles. The Morgan fingerprint density at radius 2 is 1.76 bits per heavy atom. The molecule has 1 aromatic heterocycles. The van der Waals surface area contributed by atoms with Gasteiger partial charge < -0.3 is 9.88 Å². The molecule has 0 saturated carbocycles. The summed E-state index contributed by atoms with van der Waals surface area (Å²) in [4.78, 5) is 17.8. The molecule has 0 aliphatic carbocycles. The monoisotopic (exact) mass is 466 g/mol. The van der Waals surface area contributed by atoms with Gasteiger partial charge in [0.15, 0.2) is 0 Å². The summed E-state index contributed by atoms with van der Waals surface area (Å²) in [7, 11) is -1.80. The van der Waals surface area contributed by atoms with Crippen LogP contribution in [0.2, 0.25) is 0 Å². The third-order valence-electron chi connectivity index (χ3n) is 6.09. The second-order valence-electron chi connectivity index (χ2n) is 9.01. The molecule has 1 aliphatic rings. The van der Waals surface area contributed by atoms with E-state index in [1.54, 1.807) is 28.7 Å². The lowest BCUT2D eigenvalue weighted by atomic mass is 9.94. The molecule has 4 rings (SSSR count). The lowest BCUT2D eigenvalue weighted by Crippen LogP contribution is -2.42. The van der Waals surface area contributed by atoms with Crippen LogP contribution in [0.25, 0.3) is 0 Å². The highest BCUT2D eigenvalue weighted by Gasteiger charge is 2.32. The Hall–Kier alpha value is -2.97. The van der Waals surface area contributed by atoms with Crippen molar-refractivity contribution < 1.29 is 13.2 Å². The smallest absolute Gasteiger partial charge is 0.252 e. The van der Waals surface area contributed by atoms with Crippen molar-refractivity contribution >= 4 is 15.9 Å². The molecule has 1 N–H and O–H groups in total. The first-order valence-corrected chi connectivity index (χ1v) is 12.6. The van der Waals surface area contributed by atoms with Gasteiger partial charge in [-0.05, 0) is 42.0 Å². The second kappa shape index (κ2) is 9.49. The van der Waals surface area contributed by atoms with Crippen LogP contribution in [0, 0.1) is 11.8 Å². The lowest BCUT2D eigenvalue weighted by molar-refractivity contribution is 0.0941. The highest BCUT2D eigenvalue weighted by molar-refractivity contribution is 7.89. The molecule has 0 bridgehead atoms. The van der Waals surface area contributed by atoms with E-state index in [-0.39, 0.29) is 10.8 Å². The number of hydrogen-bond acceptors (Lipinski definition) is 4. The van der Waals surface area contributed by atoms with Gasteiger partial charge in [0.25, 0.3) is 5.91 Å². The standard InChI is InChI=1S/C25H30N4O3S/c1-18-14-19(2)17-29(16-18)33(31,32)22-11-7-10-21(15-22)25(30)27-23(20-8-5-4-6-9-20)24-26-12-13-28(24)3/h4-13,15,18-19,23H,14,16-17H2,1-3H3,(H,27,30)/t18-,19+,23-/m1/s1. The number of rotatable bonds is 6. The molecule has 0 spiro atoms. The Morgan fingerprint density at radius 3 is 2.39 bits per heavy atom. The number of nitrogens with one attached hydrogen (secondary N) is 1. The van der Waals surface area contributed by atoms with Crippen molar-refractivity contribution in [2.75, 3.05) is 13.1 Å². The summed E-state index contributed by atoms with van der Waals surface area (Å²) in [5.74, 6) is 0.942. The molecule has 3 atom stereocenters. The molecule has 3 aromatic rings. The quantitative estimate of drug-likeness (QED) is 0.602. The fourth-order valence-electron chi connectivity index (χ4n) is 4.56. The zero-order chi connectivity index (χ0) is 23.6. The minimum Gasteiger partial charge on any atom is -0.338 e. The number of aryl methyl sites for hydroxylation is 1. The summed E-state index contributed by atoms with van der Waals surface area (Å²) in [6, 6.07) is 15.4. The fraction of sp³-hybridized carbons (Fsp3) is 0.360. The van der Waals surface area contributed by atoms with E-state index >= 15 is 0 Å². The second-order valence-corrected chi connectivity index (χ2v) is 10.9. The molecule has 33 heavy (non-hydrogen) atoms. The van der Waals surface area contributed by atoms with Crippen molar-refractivity contribution in [2.24, 2.45) is 18.9 Å². The van der Waals surface area contributed by atoms with Gasteiger partial charge in [-0.1, -0.05) is 50.2 Å². The van der Waals surface area contributed by atoms with Crippen molar-refractivity contribution in [2.45, 2.75) is 31.2 Å². The molecule has 2 aromatic carbocycles. The number of benzene rings is 2. The normalized spacial score (nSPS) is 20.3. The number of aromatic nitrogens is 2. The first-order valence-electron chi connectivity index (χ1n) is 11.2. The van der Waals surface area contributed by atoms with E-state index in [1.807, 2.05) is 48.1 Å². The first kappa shape index (κ1) is 23.2. The highest BCUT2D eigenvalue weighted by Crippen LogP contribution is 2.27. The molecular formula is C25H30N4O3S. The predicted octanol–water partition coefficient (Wildman–Crippen LogP) is 3.61. The maximum Gasteiger partial charge on any atom is 0.252 e. The van der Waals surface area contributed by atoms with Crippen LogP contribution in [-0.4, -0.2) is 41.3 Å². The summed E-state index contributed by atoms with van der Waals surface area (Å²) < 4.78 is 30.0. The zero-order valence-electron chi connectivity index (χ0n) is 19.2. The molecule has 1 fully saturated rings. The Kier molecular flexibility index (Phi) is 6.67. The molecule has 1 saturated heterocycles. The number of nitrogens with zero attached hydrogens (tertiary/aromatic N) is 3. The van der Waals surface area contributed by atoms with Crippen molar-refractivity contribution in [3.05, 3.63) is 83.9 Å². The average molecular weight is 467 g/mol. The SMILES string of the molecule is C[C@@H]1C[C@H](C)CN(S(=O)(=O)c2cccc(C(=O)N[C@H](c3ccccc3)c3nccn3C)c2)C1. The van der Waals surface area contributed by atoms with Crippen LogP contribution in [-0.2, 0) is 17.1 Å². The van der Waals surface area contributed by atoms with Crippen LogP contribution in [0.1, 0.15) is 48.1 Å². The maximum absolute atomic E-state index is 13.3. The molecule has 1 aliphatic heterocycles. The fourth-order valence-corrected chi connectivity index (χ4v) is 6.29. The molecule has 0 radical (unpaired) electrons. The van der Waals surface area contributed by atoms with Crippen molar-refractivity contribution in [3.8, 4) is 0 Å². The molecule has 0 unspecified atom stereocenters.